The molecule has 0 heterocycles. The molecule has 4 nitrogen and oxygen atoms in total. The van der Waals surface area contributed by atoms with Crippen LogP contribution in [0, 0.1) is 11.3 Å². The molecule has 0 bridgehead atoms. The zero-order valence-electron chi connectivity index (χ0n) is 14.9. The second-order valence-corrected chi connectivity index (χ2v) is 7.41. The molecule has 1 rings (SSSR count). The predicted molar refractivity (Wildman–Crippen MR) is 86.4 cm³/mol. The fraction of sp³-hybridized carbons (Fsp3) is 0.889. The lowest BCUT2D eigenvalue weighted by atomic mass is 9.74. The fourth-order valence-electron chi connectivity index (χ4n) is 3.28. The van der Waals surface area contributed by atoms with E-state index >= 15 is 0 Å². The van der Waals surface area contributed by atoms with Crippen molar-refractivity contribution in [1.29, 1.82) is 0 Å². The van der Waals surface area contributed by atoms with Gasteiger partial charge in [-0.2, -0.15) is 0 Å². The highest BCUT2D eigenvalue weighted by molar-refractivity contribution is 5.79. The monoisotopic (exact) mass is 312 g/mol. The second-order valence-electron chi connectivity index (χ2n) is 7.41. The van der Waals surface area contributed by atoms with Crippen molar-refractivity contribution in [3.05, 3.63) is 0 Å². The van der Waals surface area contributed by atoms with Crippen molar-refractivity contribution in [3.8, 4) is 0 Å². The van der Waals surface area contributed by atoms with E-state index in [4.69, 9.17) is 9.47 Å². The molecule has 1 fully saturated rings. The topological polar surface area (TPSA) is 52.6 Å². The van der Waals surface area contributed by atoms with E-state index in [1.807, 2.05) is 0 Å². The molecule has 0 spiro atoms. The molecular weight excluding hydrogens is 280 g/mol. The molecule has 0 aromatic rings. The Labute approximate surface area is 134 Å². The summed E-state index contributed by atoms with van der Waals surface area (Å²) in [4.78, 5) is 23.9. The smallest absolute Gasteiger partial charge is 0.344 e. The van der Waals surface area contributed by atoms with Crippen molar-refractivity contribution in [2.24, 2.45) is 11.3 Å². The lowest BCUT2D eigenvalue weighted by Crippen LogP contribution is -2.43. The third kappa shape index (κ3) is 4.99. The van der Waals surface area contributed by atoms with E-state index in [0.717, 1.165) is 25.7 Å². The summed E-state index contributed by atoms with van der Waals surface area (Å²) in [5.74, 6) is -0.369. The van der Waals surface area contributed by atoms with Crippen LogP contribution in [0.5, 0.6) is 0 Å². The van der Waals surface area contributed by atoms with Crippen LogP contribution in [0.1, 0.15) is 79.6 Å². The van der Waals surface area contributed by atoms with Gasteiger partial charge in [-0.05, 0) is 52.4 Å². The summed E-state index contributed by atoms with van der Waals surface area (Å²) in [5, 5.41) is 0. The van der Waals surface area contributed by atoms with Crippen molar-refractivity contribution in [2.45, 2.75) is 85.2 Å². The molecule has 0 aromatic heterocycles. The first-order valence-corrected chi connectivity index (χ1v) is 8.64. The summed E-state index contributed by atoms with van der Waals surface area (Å²) in [5.41, 5.74) is -0.998. The van der Waals surface area contributed by atoms with E-state index in [9.17, 15) is 9.59 Å². The summed E-state index contributed by atoms with van der Waals surface area (Å²) in [6.45, 7) is 9.17. The van der Waals surface area contributed by atoms with Crippen LogP contribution in [-0.2, 0) is 19.1 Å². The van der Waals surface area contributed by atoms with Gasteiger partial charge in [0.25, 0.3) is 0 Å². The van der Waals surface area contributed by atoms with Crippen molar-refractivity contribution < 1.29 is 19.1 Å². The predicted octanol–water partition coefficient (Wildman–Crippen LogP) is 4.26. The summed E-state index contributed by atoms with van der Waals surface area (Å²) in [6, 6.07) is 0. The van der Waals surface area contributed by atoms with Gasteiger partial charge in [-0.1, -0.05) is 33.1 Å². The zero-order valence-corrected chi connectivity index (χ0v) is 14.9. The SMILES string of the molecule is CCC(CC)(OC(=O)COC(=O)C(C)(C)C)C1CCCCC1. The first-order valence-electron chi connectivity index (χ1n) is 8.64. The Morgan fingerprint density at radius 3 is 2.00 bits per heavy atom. The average molecular weight is 312 g/mol. The maximum Gasteiger partial charge on any atom is 0.344 e. The molecule has 0 N–H and O–H groups in total. The number of ether oxygens (including phenoxy) is 2. The largest absolute Gasteiger partial charge is 0.456 e. The Balaban J connectivity index is 2.62. The van der Waals surface area contributed by atoms with Gasteiger partial charge in [-0.15, -0.1) is 0 Å². The van der Waals surface area contributed by atoms with Crippen LogP contribution in [0.2, 0.25) is 0 Å². The lowest BCUT2D eigenvalue weighted by molar-refractivity contribution is -0.180. The van der Waals surface area contributed by atoms with Gasteiger partial charge in [0.05, 0.1) is 5.41 Å². The molecule has 0 saturated heterocycles. The van der Waals surface area contributed by atoms with E-state index < -0.39 is 17.0 Å². The Hall–Kier alpha value is -1.06. The van der Waals surface area contributed by atoms with Gasteiger partial charge in [0, 0.05) is 0 Å². The maximum absolute atomic E-state index is 12.2. The third-order valence-corrected chi connectivity index (χ3v) is 4.80. The van der Waals surface area contributed by atoms with E-state index in [1.165, 1.54) is 19.3 Å². The first kappa shape index (κ1) is 19.0. The van der Waals surface area contributed by atoms with Crippen LogP contribution in [0.25, 0.3) is 0 Å². The number of hydrogen-bond acceptors (Lipinski definition) is 4. The van der Waals surface area contributed by atoms with E-state index in [2.05, 4.69) is 13.8 Å². The Kier molecular flexibility index (Phi) is 6.89. The third-order valence-electron chi connectivity index (χ3n) is 4.80. The molecule has 4 heteroatoms. The highest BCUT2D eigenvalue weighted by Crippen LogP contribution is 2.39. The molecule has 0 aromatic carbocycles. The molecule has 1 aliphatic carbocycles. The van der Waals surface area contributed by atoms with Crippen molar-refractivity contribution in [1.82, 2.24) is 0 Å². The van der Waals surface area contributed by atoms with Crippen LogP contribution in [-0.4, -0.2) is 24.1 Å². The van der Waals surface area contributed by atoms with Crippen molar-refractivity contribution in [2.75, 3.05) is 6.61 Å². The summed E-state index contributed by atoms with van der Waals surface area (Å²) >= 11 is 0. The molecule has 0 aliphatic heterocycles. The molecule has 1 saturated carbocycles. The normalized spacial score (nSPS) is 17.1. The summed E-state index contributed by atoms with van der Waals surface area (Å²) in [6.07, 6.45) is 7.57. The van der Waals surface area contributed by atoms with Crippen LogP contribution < -0.4 is 0 Å². The molecule has 128 valence electrons. The minimum absolute atomic E-state index is 0.287. The van der Waals surface area contributed by atoms with Gasteiger partial charge in [0.2, 0.25) is 0 Å². The summed E-state index contributed by atoms with van der Waals surface area (Å²) in [7, 11) is 0. The van der Waals surface area contributed by atoms with Crippen LogP contribution >= 0.6 is 0 Å². The number of rotatable bonds is 6. The van der Waals surface area contributed by atoms with Gasteiger partial charge in [0.15, 0.2) is 6.61 Å². The zero-order chi connectivity index (χ0) is 16.8. The second kappa shape index (κ2) is 7.98. The standard InChI is InChI=1S/C18H32O4/c1-6-18(7-2,14-11-9-8-10-12-14)22-15(19)13-21-16(20)17(3,4)5/h14H,6-13H2,1-5H3. The van der Waals surface area contributed by atoms with Gasteiger partial charge < -0.3 is 9.47 Å². The Morgan fingerprint density at radius 1 is 1.00 bits per heavy atom. The number of esters is 2. The molecule has 0 unspecified atom stereocenters. The van der Waals surface area contributed by atoms with Crippen LogP contribution in [0.15, 0.2) is 0 Å². The molecule has 0 amide bonds. The Morgan fingerprint density at radius 2 is 1.55 bits per heavy atom. The van der Waals surface area contributed by atoms with Crippen LogP contribution in [0.3, 0.4) is 0 Å². The number of carbonyl (C=O) groups excluding carboxylic acids is 2. The minimum Gasteiger partial charge on any atom is -0.456 e. The van der Waals surface area contributed by atoms with Gasteiger partial charge in [-0.3, -0.25) is 4.79 Å². The Bertz CT molecular complexity index is 371. The highest BCUT2D eigenvalue weighted by atomic mass is 16.6. The fourth-order valence-corrected chi connectivity index (χ4v) is 3.28. The number of carbonyl (C=O) groups is 2. The quantitative estimate of drug-likeness (QED) is 0.688. The molecule has 1 aliphatic rings. The van der Waals surface area contributed by atoms with E-state index in [1.54, 1.807) is 20.8 Å². The first-order chi connectivity index (χ1) is 10.2. The molecular formula is C18H32O4. The maximum atomic E-state index is 12.2. The molecule has 0 radical (unpaired) electrons. The minimum atomic E-state index is -0.601. The average Bonchev–Trinajstić information content (AvgIpc) is 2.50. The van der Waals surface area contributed by atoms with Crippen molar-refractivity contribution in [3.63, 3.8) is 0 Å². The molecule has 22 heavy (non-hydrogen) atoms. The van der Waals surface area contributed by atoms with Gasteiger partial charge in [0.1, 0.15) is 5.60 Å². The number of hydrogen-bond donors (Lipinski definition) is 0. The van der Waals surface area contributed by atoms with E-state index in [0.29, 0.717) is 5.92 Å². The van der Waals surface area contributed by atoms with Gasteiger partial charge in [-0.25, -0.2) is 4.79 Å². The van der Waals surface area contributed by atoms with Crippen molar-refractivity contribution >= 4 is 11.9 Å². The highest BCUT2D eigenvalue weighted by Gasteiger charge is 2.40. The lowest BCUT2D eigenvalue weighted by Gasteiger charge is -2.41. The van der Waals surface area contributed by atoms with Crippen LogP contribution in [0.4, 0.5) is 0 Å². The van der Waals surface area contributed by atoms with E-state index in [-0.39, 0.29) is 12.6 Å². The van der Waals surface area contributed by atoms with Gasteiger partial charge >= 0.3 is 11.9 Å². The summed E-state index contributed by atoms with van der Waals surface area (Å²) < 4.78 is 10.9. The molecule has 0 atom stereocenters.